The van der Waals surface area contributed by atoms with Gasteiger partial charge in [0.1, 0.15) is 12.4 Å². The van der Waals surface area contributed by atoms with Gasteiger partial charge >= 0.3 is 0 Å². The summed E-state index contributed by atoms with van der Waals surface area (Å²) in [6.07, 6.45) is 6.61. The average molecular weight is 421 g/mol. The molecule has 4 nitrogen and oxygen atoms in total. The first kappa shape index (κ1) is 21.9. The number of amides is 1. The second-order valence-corrected chi connectivity index (χ2v) is 9.51. The van der Waals surface area contributed by atoms with Crippen LogP contribution in [0.25, 0.3) is 0 Å². The molecule has 2 fully saturated rings. The zero-order valence-electron chi connectivity index (χ0n) is 19.0. The number of hydrogen-bond acceptors (Lipinski definition) is 3. The molecule has 0 radical (unpaired) electrons. The van der Waals surface area contributed by atoms with Gasteiger partial charge in [-0.2, -0.15) is 0 Å². The predicted octanol–water partition coefficient (Wildman–Crippen LogP) is 5.56. The number of aryl methyl sites for hydroxylation is 1. The summed E-state index contributed by atoms with van der Waals surface area (Å²) in [5, 5.41) is 3.17. The Kier molecular flexibility index (Phi) is 6.96. The highest BCUT2D eigenvalue weighted by Gasteiger charge is 2.42. The summed E-state index contributed by atoms with van der Waals surface area (Å²) < 4.78 is 5.94. The Hall–Kier alpha value is -2.33. The highest BCUT2D eigenvalue weighted by Crippen LogP contribution is 2.42. The maximum Gasteiger partial charge on any atom is 0.235 e. The first-order chi connectivity index (χ1) is 15.0. The van der Waals surface area contributed by atoms with E-state index in [9.17, 15) is 4.79 Å². The van der Waals surface area contributed by atoms with Crippen molar-refractivity contribution in [3.05, 3.63) is 59.7 Å². The van der Waals surface area contributed by atoms with Crippen molar-refractivity contribution < 1.29 is 9.53 Å². The average Bonchev–Trinajstić information content (AvgIpc) is 3.28. The molecule has 0 atom stereocenters. The normalized spacial score (nSPS) is 19.3. The minimum atomic E-state index is -0.408. The molecule has 0 bridgehead atoms. The van der Waals surface area contributed by atoms with E-state index in [1.165, 1.54) is 31.5 Å². The first-order valence-corrected chi connectivity index (χ1v) is 11.9. The van der Waals surface area contributed by atoms with Crippen molar-refractivity contribution in [1.82, 2.24) is 4.90 Å². The van der Waals surface area contributed by atoms with Gasteiger partial charge in [0.15, 0.2) is 0 Å². The molecule has 1 aliphatic heterocycles. The van der Waals surface area contributed by atoms with Crippen molar-refractivity contribution in [2.75, 3.05) is 31.6 Å². The minimum absolute atomic E-state index is 0.113. The second-order valence-electron chi connectivity index (χ2n) is 9.51. The van der Waals surface area contributed by atoms with Crippen LogP contribution in [0.4, 0.5) is 5.69 Å². The smallest absolute Gasteiger partial charge is 0.235 e. The largest absolute Gasteiger partial charge is 0.492 e. The molecule has 1 saturated heterocycles. The van der Waals surface area contributed by atoms with Crippen LogP contribution in [0.1, 0.15) is 56.6 Å². The van der Waals surface area contributed by atoms with Crippen LogP contribution >= 0.6 is 0 Å². The van der Waals surface area contributed by atoms with Gasteiger partial charge in [-0.05, 0) is 81.4 Å². The summed E-state index contributed by atoms with van der Waals surface area (Å²) in [6, 6.07) is 16.3. The number of nitrogens with one attached hydrogen (secondary N) is 1. The molecule has 0 aromatic heterocycles. The minimum Gasteiger partial charge on any atom is -0.492 e. The van der Waals surface area contributed by atoms with E-state index in [4.69, 9.17) is 4.74 Å². The number of benzene rings is 2. The second kappa shape index (κ2) is 9.86. The summed E-state index contributed by atoms with van der Waals surface area (Å²) in [5.74, 6) is 1.83. The predicted molar refractivity (Wildman–Crippen MR) is 127 cm³/mol. The monoisotopic (exact) mass is 420 g/mol. The highest BCUT2D eigenvalue weighted by atomic mass is 16.5. The molecule has 166 valence electrons. The van der Waals surface area contributed by atoms with Gasteiger partial charge < -0.3 is 10.1 Å². The van der Waals surface area contributed by atoms with E-state index in [2.05, 4.69) is 48.3 Å². The number of carbonyl (C=O) groups is 1. The third kappa shape index (κ3) is 5.30. The van der Waals surface area contributed by atoms with Gasteiger partial charge in [0, 0.05) is 12.2 Å². The van der Waals surface area contributed by atoms with Crippen molar-refractivity contribution in [2.45, 2.75) is 57.8 Å². The van der Waals surface area contributed by atoms with E-state index >= 15 is 0 Å². The Balaban J connectivity index is 1.32. The Labute approximate surface area is 187 Å². The molecule has 4 heteroatoms. The topological polar surface area (TPSA) is 41.6 Å². The Morgan fingerprint density at radius 1 is 1.03 bits per heavy atom. The maximum atomic E-state index is 13.3. The quantitative estimate of drug-likeness (QED) is 0.638. The van der Waals surface area contributed by atoms with E-state index in [1.807, 2.05) is 24.3 Å². The number of piperidine rings is 1. The SMILES string of the molecule is Cc1ccc(C2(C(=O)Nc3ccc(OCCN4CCC(C)CC4)cc3)CCCC2)cc1. The lowest BCUT2D eigenvalue weighted by Crippen LogP contribution is -2.38. The molecule has 1 amide bonds. The first-order valence-electron chi connectivity index (χ1n) is 11.9. The molecule has 1 N–H and O–H groups in total. The maximum absolute atomic E-state index is 13.3. The Morgan fingerprint density at radius 3 is 2.32 bits per heavy atom. The molecule has 0 spiro atoms. The fourth-order valence-corrected chi connectivity index (χ4v) is 4.96. The standard InChI is InChI=1S/C27H36N2O2/c1-21-5-7-23(8-6-21)27(15-3-4-16-27)26(30)28-24-9-11-25(12-10-24)31-20-19-29-17-13-22(2)14-18-29/h5-12,22H,3-4,13-20H2,1-2H3,(H,28,30). The molecule has 2 aromatic rings. The Bertz CT molecular complexity index is 846. The molecular weight excluding hydrogens is 384 g/mol. The van der Waals surface area contributed by atoms with Gasteiger partial charge in [-0.1, -0.05) is 49.6 Å². The van der Waals surface area contributed by atoms with Crippen LogP contribution in [-0.4, -0.2) is 37.0 Å². The molecule has 1 saturated carbocycles. The summed E-state index contributed by atoms with van der Waals surface area (Å²) in [6.45, 7) is 8.46. The fraction of sp³-hybridized carbons (Fsp3) is 0.519. The number of likely N-dealkylation sites (tertiary alicyclic amines) is 1. The van der Waals surface area contributed by atoms with Gasteiger partial charge in [-0.3, -0.25) is 9.69 Å². The van der Waals surface area contributed by atoms with Crippen molar-refractivity contribution in [3.8, 4) is 5.75 Å². The zero-order chi connectivity index (χ0) is 21.7. The number of anilines is 1. The highest BCUT2D eigenvalue weighted by molar-refractivity contribution is 5.99. The van der Waals surface area contributed by atoms with E-state index in [-0.39, 0.29) is 5.91 Å². The van der Waals surface area contributed by atoms with E-state index in [0.717, 1.165) is 55.1 Å². The van der Waals surface area contributed by atoms with Crippen LogP contribution in [0.5, 0.6) is 5.75 Å². The third-order valence-electron chi connectivity index (χ3n) is 7.16. The van der Waals surface area contributed by atoms with Gasteiger partial charge in [-0.15, -0.1) is 0 Å². The summed E-state index contributed by atoms with van der Waals surface area (Å²) in [7, 11) is 0. The van der Waals surface area contributed by atoms with Crippen LogP contribution < -0.4 is 10.1 Å². The third-order valence-corrected chi connectivity index (χ3v) is 7.16. The molecule has 2 aromatic carbocycles. The van der Waals surface area contributed by atoms with Crippen LogP contribution in [0.2, 0.25) is 0 Å². The summed E-state index contributed by atoms with van der Waals surface area (Å²) in [5.41, 5.74) is 2.79. The lowest BCUT2D eigenvalue weighted by atomic mass is 9.77. The van der Waals surface area contributed by atoms with Gasteiger partial charge in [0.25, 0.3) is 0 Å². The van der Waals surface area contributed by atoms with E-state index < -0.39 is 5.41 Å². The Morgan fingerprint density at radius 2 is 1.68 bits per heavy atom. The fourth-order valence-electron chi connectivity index (χ4n) is 4.96. The van der Waals surface area contributed by atoms with Crippen molar-refractivity contribution in [3.63, 3.8) is 0 Å². The molecular formula is C27H36N2O2. The molecule has 1 aliphatic carbocycles. The lowest BCUT2D eigenvalue weighted by molar-refractivity contribution is -0.121. The van der Waals surface area contributed by atoms with Crippen molar-refractivity contribution in [1.29, 1.82) is 0 Å². The molecule has 0 unspecified atom stereocenters. The van der Waals surface area contributed by atoms with Crippen molar-refractivity contribution in [2.24, 2.45) is 5.92 Å². The number of rotatable bonds is 7. The molecule has 31 heavy (non-hydrogen) atoms. The zero-order valence-corrected chi connectivity index (χ0v) is 19.0. The lowest BCUT2D eigenvalue weighted by Gasteiger charge is -2.30. The van der Waals surface area contributed by atoms with Crippen molar-refractivity contribution >= 4 is 11.6 Å². The van der Waals surface area contributed by atoms with E-state index in [1.54, 1.807) is 0 Å². The number of ether oxygens (including phenoxy) is 1. The van der Waals surface area contributed by atoms with Crippen LogP contribution in [0.15, 0.2) is 48.5 Å². The molecule has 4 rings (SSSR count). The van der Waals surface area contributed by atoms with Crippen LogP contribution in [0, 0.1) is 12.8 Å². The van der Waals surface area contributed by atoms with Crippen LogP contribution in [-0.2, 0) is 10.2 Å². The van der Waals surface area contributed by atoms with Crippen LogP contribution in [0.3, 0.4) is 0 Å². The summed E-state index contributed by atoms with van der Waals surface area (Å²) in [4.78, 5) is 15.8. The molecule has 2 aliphatic rings. The number of carbonyl (C=O) groups excluding carboxylic acids is 1. The van der Waals surface area contributed by atoms with Gasteiger partial charge in [0.05, 0.1) is 5.41 Å². The van der Waals surface area contributed by atoms with Gasteiger partial charge in [0.2, 0.25) is 5.91 Å². The van der Waals surface area contributed by atoms with Gasteiger partial charge in [-0.25, -0.2) is 0 Å². The number of hydrogen-bond donors (Lipinski definition) is 1. The van der Waals surface area contributed by atoms with E-state index in [0.29, 0.717) is 6.61 Å². The molecule has 1 heterocycles. The number of nitrogens with zero attached hydrogens (tertiary/aromatic N) is 1. The summed E-state index contributed by atoms with van der Waals surface area (Å²) >= 11 is 0.